The average Bonchev–Trinajstić information content (AvgIpc) is 2.66. The zero-order chi connectivity index (χ0) is 21.3. The predicted octanol–water partition coefficient (Wildman–Crippen LogP) is 3.27. The van der Waals surface area contributed by atoms with Gasteiger partial charge in [-0.15, -0.1) is 0 Å². The number of ether oxygens (including phenoxy) is 1. The number of likely N-dealkylation sites (N-methyl/N-ethyl adjacent to an activating group) is 1. The van der Waals surface area contributed by atoms with Crippen LogP contribution in [0.15, 0.2) is 41.0 Å². The van der Waals surface area contributed by atoms with Gasteiger partial charge < -0.3 is 14.4 Å². The van der Waals surface area contributed by atoms with E-state index in [4.69, 9.17) is 4.74 Å². The molecule has 1 atom stereocenters. The van der Waals surface area contributed by atoms with Crippen LogP contribution < -0.4 is 10.3 Å². The lowest BCUT2D eigenvalue weighted by atomic mass is 10.1. The molecule has 2 aromatic heterocycles. The lowest BCUT2D eigenvalue weighted by Crippen LogP contribution is -2.33. The van der Waals surface area contributed by atoms with Crippen molar-refractivity contribution in [2.24, 2.45) is 0 Å². The van der Waals surface area contributed by atoms with Crippen molar-refractivity contribution in [2.75, 3.05) is 7.05 Å². The second kappa shape index (κ2) is 8.44. The van der Waals surface area contributed by atoms with Crippen molar-refractivity contribution in [3.05, 3.63) is 73.1 Å². The minimum atomic E-state index is -0.817. The summed E-state index contributed by atoms with van der Waals surface area (Å²) in [6.07, 6.45) is 5.24. The van der Waals surface area contributed by atoms with E-state index in [-0.39, 0.29) is 23.6 Å². The third kappa shape index (κ3) is 4.24. The molecule has 3 rings (SSSR count). The highest BCUT2D eigenvalue weighted by atomic mass is 127. The Balaban J connectivity index is 1.96. The number of rotatable bonds is 5. The van der Waals surface area contributed by atoms with E-state index in [1.807, 2.05) is 29.5 Å². The lowest BCUT2D eigenvalue weighted by molar-refractivity contribution is -0.110. The maximum atomic E-state index is 13.8. The van der Waals surface area contributed by atoms with Crippen molar-refractivity contribution in [1.82, 2.24) is 14.5 Å². The van der Waals surface area contributed by atoms with Gasteiger partial charge in [0.2, 0.25) is 0 Å². The summed E-state index contributed by atoms with van der Waals surface area (Å²) in [4.78, 5) is 29.8. The van der Waals surface area contributed by atoms with Gasteiger partial charge in [0, 0.05) is 31.1 Å². The molecule has 29 heavy (non-hydrogen) atoms. The molecule has 1 aliphatic rings. The van der Waals surface area contributed by atoms with Gasteiger partial charge in [0.15, 0.2) is 5.82 Å². The van der Waals surface area contributed by atoms with Gasteiger partial charge >= 0.3 is 0 Å². The Morgan fingerprint density at radius 3 is 2.69 bits per heavy atom. The van der Waals surface area contributed by atoms with Crippen LogP contribution in [0.3, 0.4) is 0 Å². The fraction of sp³-hybridized carbons (Fsp3) is 0.250. The van der Waals surface area contributed by atoms with Gasteiger partial charge in [-0.05, 0) is 48.1 Å². The SMILES string of the molecule is CC1=CN(C)C(C=O)C=C1n1c(C)cc(OCc2ncc(F)cc2F)c(I)c1=O. The Bertz CT molecular complexity index is 1100. The zero-order valence-electron chi connectivity index (χ0n) is 15.9. The summed E-state index contributed by atoms with van der Waals surface area (Å²) in [5, 5.41) is 0. The average molecular weight is 513 g/mol. The normalized spacial score (nSPS) is 16.3. The van der Waals surface area contributed by atoms with E-state index in [0.29, 0.717) is 15.0 Å². The van der Waals surface area contributed by atoms with Crippen LogP contribution in [-0.4, -0.2) is 33.8 Å². The van der Waals surface area contributed by atoms with Crippen LogP contribution in [0.1, 0.15) is 18.3 Å². The number of carbonyl (C=O) groups is 1. The fourth-order valence-corrected chi connectivity index (χ4v) is 3.59. The molecular weight excluding hydrogens is 495 g/mol. The molecule has 9 heteroatoms. The molecule has 1 unspecified atom stereocenters. The number of nitrogens with zero attached hydrogens (tertiary/aromatic N) is 3. The molecule has 0 N–H and O–H groups in total. The molecule has 0 spiro atoms. The standard InChI is InChI=1S/C20H18F2IN3O3/c1-11-8-25(3)14(9-27)6-17(11)26-12(2)4-18(19(23)20(26)28)29-10-16-15(22)5-13(21)7-24-16/h4-9,14H,10H2,1-3H3. The smallest absolute Gasteiger partial charge is 0.272 e. The summed E-state index contributed by atoms with van der Waals surface area (Å²) in [5.41, 5.74) is 1.67. The molecule has 0 saturated heterocycles. The third-order valence-electron chi connectivity index (χ3n) is 4.53. The number of hydrogen-bond donors (Lipinski definition) is 0. The quantitative estimate of drug-likeness (QED) is 0.454. The van der Waals surface area contributed by atoms with Crippen LogP contribution >= 0.6 is 22.6 Å². The maximum Gasteiger partial charge on any atom is 0.272 e. The third-order valence-corrected chi connectivity index (χ3v) is 5.52. The number of allylic oxidation sites excluding steroid dienone is 2. The van der Waals surface area contributed by atoms with Crippen LogP contribution in [0.25, 0.3) is 5.70 Å². The van der Waals surface area contributed by atoms with Crippen LogP contribution in [0, 0.1) is 22.1 Å². The van der Waals surface area contributed by atoms with Gasteiger partial charge in [-0.25, -0.2) is 8.78 Å². The number of aromatic nitrogens is 2. The number of carbonyl (C=O) groups excluding carboxylic acids is 1. The largest absolute Gasteiger partial charge is 0.486 e. The van der Waals surface area contributed by atoms with Gasteiger partial charge in [0.25, 0.3) is 5.56 Å². The second-order valence-corrected chi connectivity index (χ2v) is 7.71. The number of pyridine rings is 2. The Hall–Kier alpha value is -2.56. The number of aryl methyl sites for hydroxylation is 1. The molecule has 0 radical (unpaired) electrons. The topological polar surface area (TPSA) is 64.4 Å². The minimum Gasteiger partial charge on any atom is -0.486 e. The molecule has 6 nitrogen and oxygen atoms in total. The molecule has 1 aliphatic heterocycles. The molecule has 0 fully saturated rings. The van der Waals surface area contributed by atoms with Crippen molar-refractivity contribution in [3.63, 3.8) is 0 Å². The maximum absolute atomic E-state index is 13.8. The van der Waals surface area contributed by atoms with Crippen LogP contribution in [0.2, 0.25) is 0 Å². The Morgan fingerprint density at radius 2 is 2.03 bits per heavy atom. The van der Waals surface area contributed by atoms with Crippen LogP contribution in [-0.2, 0) is 11.4 Å². The molecule has 0 amide bonds. The van der Waals surface area contributed by atoms with Crippen molar-refractivity contribution < 1.29 is 18.3 Å². The van der Waals surface area contributed by atoms with Crippen molar-refractivity contribution in [2.45, 2.75) is 26.5 Å². The van der Waals surface area contributed by atoms with Crippen molar-refractivity contribution in [3.8, 4) is 5.75 Å². The highest BCUT2D eigenvalue weighted by molar-refractivity contribution is 14.1. The summed E-state index contributed by atoms with van der Waals surface area (Å²) in [6.45, 7) is 3.35. The Morgan fingerprint density at radius 1 is 1.31 bits per heavy atom. The second-order valence-electron chi connectivity index (χ2n) is 6.63. The Labute approximate surface area is 179 Å². The molecule has 0 aliphatic carbocycles. The summed E-state index contributed by atoms with van der Waals surface area (Å²) in [5.74, 6) is -1.32. The van der Waals surface area contributed by atoms with Crippen LogP contribution in [0.5, 0.6) is 5.75 Å². The van der Waals surface area contributed by atoms with E-state index >= 15 is 0 Å². The molecule has 0 saturated carbocycles. The van der Waals surface area contributed by atoms with E-state index < -0.39 is 17.7 Å². The van der Waals surface area contributed by atoms with E-state index in [1.165, 1.54) is 4.57 Å². The fourth-order valence-electron chi connectivity index (χ4n) is 3.04. The van der Waals surface area contributed by atoms with E-state index in [2.05, 4.69) is 4.98 Å². The summed E-state index contributed by atoms with van der Waals surface area (Å²) >= 11 is 1.87. The molecule has 2 aromatic rings. The van der Waals surface area contributed by atoms with Gasteiger partial charge in [0.05, 0.1) is 11.9 Å². The van der Waals surface area contributed by atoms with Gasteiger partial charge in [0.1, 0.15) is 39.8 Å². The van der Waals surface area contributed by atoms with E-state index in [9.17, 15) is 18.4 Å². The number of hydrogen-bond acceptors (Lipinski definition) is 5. The molecule has 152 valence electrons. The first-order valence-corrected chi connectivity index (χ1v) is 9.74. The van der Waals surface area contributed by atoms with Crippen LogP contribution in [0.4, 0.5) is 8.78 Å². The summed E-state index contributed by atoms with van der Waals surface area (Å²) < 4.78 is 34.2. The monoisotopic (exact) mass is 513 g/mol. The van der Waals surface area contributed by atoms with E-state index in [1.54, 1.807) is 37.2 Å². The molecule has 0 bridgehead atoms. The van der Waals surface area contributed by atoms with Gasteiger partial charge in [-0.3, -0.25) is 14.3 Å². The first kappa shape index (κ1) is 21.2. The minimum absolute atomic E-state index is 0.0605. The highest BCUT2D eigenvalue weighted by Crippen LogP contribution is 2.27. The zero-order valence-corrected chi connectivity index (χ0v) is 18.1. The van der Waals surface area contributed by atoms with Crippen molar-refractivity contribution >= 4 is 34.6 Å². The molecule has 0 aromatic carbocycles. The number of halogens is 3. The predicted molar refractivity (Wildman–Crippen MR) is 112 cm³/mol. The van der Waals surface area contributed by atoms with Gasteiger partial charge in [-0.2, -0.15) is 0 Å². The number of aldehydes is 1. The van der Waals surface area contributed by atoms with Gasteiger partial charge in [-0.1, -0.05) is 0 Å². The lowest BCUT2D eigenvalue weighted by Gasteiger charge is -2.28. The van der Waals surface area contributed by atoms with E-state index in [0.717, 1.165) is 24.1 Å². The van der Waals surface area contributed by atoms with Crippen molar-refractivity contribution in [1.29, 1.82) is 0 Å². The highest BCUT2D eigenvalue weighted by Gasteiger charge is 2.22. The first-order chi connectivity index (χ1) is 13.7. The first-order valence-electron chi connectivity index (χ1n) is 8.66. The summed E-state index contributed by atoms with van der Waals surface area (Å²) in [6, 6.07) is 1.92. The summed E-state index contributed by atoms with van der Waals surface area (Å²) in [7, 11) is 1.79. The Kier molecular flexibility index (Phi) is 6.15. The molecular formula is C20H18F2IN3O3. The molecule has 3 heterocycles.